The molecule has 2 N–H and O–H groups in total. The number of carbonyl (C=O) groups is 1. The van der Waals surface area contributed by atoms with Crippen molar-refractivity contribution in [2.24, 2.45) is 0 Å². The van der Waals surface area contributed by atoms with Gasteiger partial charge < -0.3 is 20.1 Å². The van der Waals surface area contributed by atoms with E-state index in [9.17, 15) is 23.1 Å². The highest BCUT2D eigenvalue weighted by atomic mass is 32.2. The number of amides is 1. The Bertz CT molecular complexity index is 902. The Labute approximate surface area is 183 Å². The van der Waals surface area contributed by atoms with Crippen LogP contribution >= 0.6 is 11.8 Å². The first-order chi connectivity index (χ1) is 14.6. The number of β-amino-alcohol motifs (C(OH)–C–C–N with tert-alkyl or cyclic N) is 1. The van der Waals surface area contributed by atoms with Crippen LogP contribution in [0.15, 0.2) is 47.4 Å². The number of rotatable bonds is 5. The Morgan fingerprint density at radius 1 is 1.29 bits per heavy atom. The highest BCUT2D eigenvalue weighted by Crippen LogP contribution is 2.39. The number of ether oxygens (including phenoxy) is 1. The predicted molar refractivity (Wildman–Crippen MR) is 113 cm³/mol. The van der Waals surface area contributed by atoms with Gasteiger partial charge in [0.15, 0.2) is 0 Å². The first kappa shape index (κ1) is 23.4. The van der Waals surface area contributed by atoms with Crippen molar-refractivity contribution in [1.29, 1.82) is 0 Å². The van der Waals surface area contributed by atoms with Crippen molar-refractivity contribution in [2.75, 3.05) is 33.5 Å². The molecule has 1 amide bonds. The number of halogens is 3. The number of benzene rings is 2. The molecular formula is C22H25F3N2O3S. The average molecular weight is 455 g/mol. The number of nitrogens with zero attached hydrogens (tertiary/aromatic N) is 1. The zero-order valence-electron chi connectivity index (χ0n) is 17.5. The second-order valence-electron chi connectivity index (χ2n) is 7.71. The van der Waals surface area contributed by atoms with Crippen LogP contribution in [0.1, 0.15) is 27.9 Å². The molecule has 1 heterocycles. The summed E-state index contributed by atoms with van der Waals surface area (Å²) in [5, 5.41) is 13.5. The predicted octanol–water partition coefficient (Wildman–Crippen LogP) is 3.76. The lowest BCUT2D eigenvalue weighted by atomic mass is 9.81. The molecule has 9 heteroatoms. The number of hydrogen-bond acceptors (Lipinski definition) is 5. The SMILES string of the molecule is COc1cc(C(F)(F)F)cc(SC)c1C(=O)N[C@@]1(c2ccccc2)C[C@@H](O)CN(C)C1. The minimum atomic E-state index is -4.56. The van der Waals surface area contributed by atoms with Crippen LogP contribution < -0.4 is 10.1 Å². The van der Waals surface area contributed by atoms with Gasteiger partial charge in [-0.3, -0.25) is 4.79 Å². The van der Waals surface area contributed by atoms with E-state index in [0.29, 0.717) is 13.1 Å². The number of likely N-dealkylation sites (N-methyl/N-ethyl adjacent to an activating group) is 1. The van der Waals surface area contributed by atoms with Crippen molar-refractivity contribution in [3.8, 4) is 5.75 Å². The van der Waals surface area contributed by atoms with E-state index in [0.717, 1.165) is 29.5 Å². The Morgan fingerprint density at radius 2 is 1.97 bits per heavy atom. The molecule has 31 heavy (non-hydrogen) atoms. The first-order valence-electron chi connectivity index (χ1n) is 9.67. The monoisotopic (exact) mass is 454 g/mol. The number of hydrogen-bond donors (Lipinski definition) is 2. The molecule has 0 aromatic heterocycles. The summed E-state index contributed by atoms with van der Waals surface area (Å²) in [6.07, 6.45) is -3.34. The lowest BCUT2D eigenvalue weighted by Crippen LogP contribution is -2.59. The van der Waals surface area contributed by atoms with Crippen LogP contribution in [0.4, 0.5) is 13.2 Å². The zero-order chi connectivity index (χ0) is 22.8. The third kappa shape index (κ3) is 4.99. The standard InChI is InChI=1S/C22H25F3N2O3S/c1-27-12-16(28)11-21(13-27,14-7-5-4-6-8-14)26-20(29)19-17(30-2)9-15(22(23,24)25)10-18(19)31-3/h4-10,16,28H,11-13H2,1-3H3,(H,26,29)/t16-,21+/m1/s1. The van der Waals surface area contributed by atoms with Crippen LogP contribution in [-0.4, -0.2) is 55.5 Å². The van der Waals surface area contributed by atoms with Gasteiger partial charge in [-0.05, 0) is 31.0 Å². The number of likely N-dealkylation sites (tertiary alicyclic amines) is 1. The highest BCUT2D eigenvalue weighted by molar-refractivity contribution is 7.98. The minimum absolute atomic E-state index is 0.0426. The van der Waals surface area contributed by atoms with Gasteiger partial charge in [0.2, 0.25) is 0 Å². The quantitative estimate of drug-likeness (QED) is 0.674. The summed E-state index contributed by atoms with van der Waals surface area (Å²) in [6.45, 7) is 0.904. The largest absolute Gasteiger partial charge is 0.496 e. The molecule has 2 aromatic carbocycles. The van der Waals surface area contributed by atoms with E-state index in [1.807, 2.05) is 42.3 Å². The van der Waals surface area contributed by atoms with Crippen LogP contribution in [0.2, 0.25) is 0 Å². The molecule has 2 atom stereocenters. The summed E-state index contributed by atoms with van der Waals surface area (Å²) >= 11 is 1.04. The van der Waals surface area contributed by atoms with Gasteiger partial charge in [0.1, 0.15) is 5.75 Å². The lowest BCUT2D eigenvalue weighted by molar-refractivity contribution is -0.137. The van der Waals surface area contributed by atoms with E-state index in [-0.39, 0.29) is 22.6 Å². The fraction of sp³-hybridized carbons (Fsp3) is 0.409. The molecule has 1 saturated heterocycles. The van der Waals surface area contributed by atoms with Gasteiger partial charge in [-0.2, -0.15) is 13.2 Å². The van der Waals surface area contributed by atoms with Crippen LogP contribution in [0.3, 0.4) is 0 Å². The van der Waals surface area contributed by atoms with Crippen LogP contribution in [0.5, 0.6) is 5.75 Å². The first-order valence-corrected chi connectivity index (χ1v) is 10.9. The minimum Gasteiger partial charge on any atom is -0.496 e. The Morgan fingerprint density at radius 3 is 2.52 bits per heavy atom. The van der Waals surface area contributed by atoms with Crippen molar-refractivity contribution in [1.82, 2.24) is 10.2 Å². The number of nitrogens with one attached hydrogen (secondary N) is 1. The summed E-state index contributed by atoms with van der Waals surface area (Å²) in [4.78, 5) is 15.5. The maximum atomic E-state index is 13.4. The molecule has 1 aliphatic rings. The number of piperidine rings is 1. The van der Waals surface area contributed by atoms with Crippen LogP contribution in [0.25, 0.3) is 0 Å². The molecular weight excluding hydrogens is 429 g/mol. The van der Waals surface area contributed by atoms with E-state index >= 15 is 0 Å². The Hall–Kier alpha value is -2.23. The fourth-order valence-electron chi connectivity index (χ4n) is 4.12. The number of aliphatic hydroxyl groups is 1. The molecule has 0 bridgehead atoms. The van der Waals surface area contributed by atoms with Gasteiger partial charge in [-0.15, -0.1) is 11.8 Å². The summed E-state index contributed by atoms with van der Waals surface area (Å²) in [5.41, 5.74) is -0.934. The molecule has 5 nitrogen and oxygen atoms in total. The van der Waals surface area contributed by atoms with Crippen molar-refractivity contribution >= 4 is 17.7 Å². The molecule has 0 spiro atoms. The summed E-state index contributed by atoms with van der Waals surface area (Å²) in [5.74, 6) is -0.703. The third-order valence-electron chi connectivity index (χ3n) is 5.39. The smallest absolute Gasteiger partial charge is 0.416 e. The molecule has 0 radical (unpaired) electrons. The Balaban J connectivity index is 2.07. The molecule has 0 saturated carbocycles. The summed E-state index contributed by atoms with van der Waals surface area (Å²) in [7, 11) is 3.08. The van der Waals surface area contributed by atoms with E-state index < -0.39 is 29.3 Å². The van der Waals surface area contributed by atoms with Gasteiger partial charge in [-0.1, -0.05) is 30.3 Å². The second-order valence-corrected chi connectivity index (χ2v) is 8.56. The molecule has 168 valence electrons. The average Bonchev–Trinajstić information content (AvgIpc) is 2.71. The molecule has 0 aliphatic carbocycles. The summed E-state index contributed by atoms with van der Waals surface area (Å²) in [6, 6.07) is 11.1. The van der Waals surface area contributed by atoms with E-state index in [1.54, 1.807) is 6.26 Å². The molecule has 1 fully saturated rings. The Kier molecular flexibility index (Phi) is 6.88. The summed E-state index contributed by atoms with van der Waals surface area (Å²) < 4.78 is 45.1. The van der Waals surface area contributed by atoms with Gasteiger partial charge in [0.25, 0.3) is 5.91 Å². The second kappa shape index (κ2) is 9.10. The lowest BCUT2D eigenvalue weighted by Gasteiger charge is -2.44. The maximum absolute atomic E-state index is 13.4. The number of thioether (sulfide) groups is 1. The number of carbonyl (C=O) groups excluding carboxylic acids is 1. The zero-order valence-corrected chi connectivity index (χ0v) is 18.3. The molecule has 2 aromatic rings. The molecule has 0 unspecified atom stereocenters. The van der Waals surface area contributed by atoms with E-state index in [4.69, 9.17) is 4.74 Å². The highest BCUT2D eigenvalue weighted by Gasteiger charge is 2.42. The topological polar surface area (TPSA) is 61.8 Å². The third-order valence-corrected chi connectivity index (χ3v) is 6.15. The van der Waals surface area contributed by atoms with Gasteiger partial charge in [-0.25, -0.2) is 0 Å². The van der Waals surface area contributed by atoms with Crippen LogP contribution in [-0.2, 0) is 11.7 Å². The number of aliphatic hydroxyl groups excluding tert-OH is 1. The van der Waals surface area contributed by atoms with Gasteiger partial charge >= 0.3 is 6.18 Å². The van der Waals surface area contributed by atoms with Crippen molar-refractivity contribution in [3.05, 3.63) is 59.2 Å². The van der Waals surface area contributed by atoms with E-state index in [2.05, 4.69) is 5.32 Å². The molecule has 1 aliphatic heterocycles. The van der Waals surface area contributed by atoms with Crippen molar-refractivity contribution < 1.29 is 27.8 Å². The van der Waals surface area contributed by atoms with Crippen LogP contribution in [0, 0.1) is 0 Å². The number of methoxy groups -OCH3 is 1. The molecule has 3 rings (SSSR count). The van der Waals surface area contributed by atoms with Gasteiger partial charge in [0, 0.05) is 24.4 Å². The normalized spacial score (nSPS) is 22.2. The fourth-order valence-corrected chi connectivity index (χ4v) is 4.77. The maximum Gasteiger partial charge on any atom is 0.416 e. The van der Waals surface area contributed by atoms with Crippen molar-refractivity contribution in [2.45, 2.75) is 29.1 Å². The number of alkyl halides is 3. The van der Waals surface area contributed by atoms with Gasteiger partial charge in [0.05, 0.1) is 29.9 Å². The van der Waals surface area contributed by atoms with E-state index in [1.165, 1.54) is 7.11 Å². The van der Waals surface area contributed by atoms with Crippen molar-refractivity contribution in [3.63, 3.8) is 0 Å².